The van der Waals surface area contributed by atoms with Crippen LogP contribution in [-0.4, -0.2) is 63.9 Å². The molecule has 2 aliphatic rings. The van der Waals surface area contributed by atoms with Crippen molar-refractivity contribution in [3.63, 3.8) is 0 Å². The van der Waals surface area contributed by atoms with E-state index in [0.29, 0.717) is 0 Å². The molecule has 0 aliphatic carbocycles. The highest BCUT2D eigenvalue weighted by Gasteiger charge is 2.41. The van der Waals surface area contributed by atoms with Gasteiger partial charge in [0.15, 0.2) is 5.11 Å². The molecule has 178 valence electrons. The highest BCUT2D eigenvalue weighted by atomic mass is 32.1. The Morgan fingerprint density at radius 3 is 2.53 bits per heavy atom. The van der Waals surface area contributed by atoms with Gasteiger partial charge in [0.2, 0.25) is 0 Å². The molecule has 6 nitrogen and oxygen atoms in total. The molecule has 2 fully saturated rings. The third kappa shape index (κ3) is 4.35. The van der Waals surface area contributed by atoms with Crippen LogP contribution >= 0.6 is 12.2 Å². The van der Waals surface area contributed by atoms with Crippen LogP contribution in [0.3, 0.4) is 0 Å². The molecule has 7 heteroatoms. The van der Waals surface area contributed by atoms with Crippen molar-refractivity contribution in [2.75, 3.05) is 39.4 Å². The molecule has 0 unspecified atom stereocenters. The molecule has 4 heterocycles. The minimum atomic E-state index is 0.00390. The van der Waals surface area contributed by atoms with Crippen LogP contribution in [0.2, 0.25) is 0 Å². The molecule has 34 heavy (non-hydrogen) atoms. The van der Waals surface area contributed by atoms with Gasteiger partial charge in [-0.3, -0.25) is 9.88 Å². The van der Waals surface area contributed by atoms with Crippen molar-refractivity contribution < 1.29 is 4.74 Å². The monoisotopic (exact) mass is 475 g/mol. The summed E-state index contributed by atoms with van der Waals surface area (Å²) in [5.74, 6) is 0. The largest absolute Gasteiger partial charge is 0.379 e. The Hall–Kier alpha value is -2.74. The maximum Gasteiger partial charge on any atom is 0.170 e. The van der Waals surface area contributed by atoms with Crippen molar-refractivity contribution in [1.29, 1.82) is 0 Å². The fraction of sp³-hybridized carbons (Fsp3) is 0.407. The summed E-state index contributed by atoms with van der Waals surface area (Å²) in [6.45, 7) is 12.0. The second-order valence-corrected chi connectivity index (χ2v) is 9.61. The van der Waals surface area contributed by atoms with Gasteiger partial charge >= 0.3 is 0 Å². The van der Waals surface area contributed by atoms with Gasteiger partial charge < -0.3 is 19.5 Å². The first kappa shape index (κ1) is 23.0. The normalized spacial score (nSPS) is 21.1. The number of thiocarbonyl (C=S) groups is 1. The van der Waals surface area contributed by atoms with Gasteiger partial charge in [0.1, 0.15) is 0 Å². The third-order valence-corrected chi connectivity index (χ3v) is 7.46. The van der Waals surface area contributed by atoms with Crippen molar-refractivity contribution in [3.8, 4) is 5.69 Å². The first-order valence-electron chi connectivity index (χ1n) is 12.1. The van der Waals surface area contributed by atoms with E-state index in [2.05, 4.69) is 82.9 Å². The second kappa shape index (κ2) is 9.86. The van der Waals surface area contributed by atoms with Crippen molar-refractivity contribution in [3.05, 3.63) is 82.9 Å². The molecule has 2 atom stereocenters. The number of morpholine rings is 1. The smallest absolute Gasteiger partial charge is 0.170 e. The van der Waals surface area contributed by atoms with Gasteiger partial charge in [0.05, 0.1) is 31.0 Å². The molecule has 1 aromatic carbocycles. The van der Waals surface area contributed by atoms with Crippen LogP contribution in [0.15, 0.2) is 54.7 Å². The number of rotatable bonds is 6. The molecule has 5 rings (SSSR count). The van der Waals surface area contributed by atoms with Gasteiger partial charge in [0, 0.05) is 49.5 Å². The molecule has 1 N–H and O–H groups in total. The highest BCUT2D eigenvalue weighted by molar-refractivity contribution is 7.80. The lowest BCUT2D eigenvalue weighted by Gasteiger charge is -2.32. The molecule has 2 aliphatic heterocycles. The van der Waals surface area contributed by atoms with Crippen LogP contribution in [0.5, 0.6) is 0 Å². The van der Waals surface area contributed by atoms with E-state index >= 15 is 0 Å². The predicted molar refractivity (Wildman–Crippen MR) is 139 cm³/mol. The van der Waals surface area contributed by atoms with Crippen LogP contribution < -0.4 is 5.32 Å². The summed E-state index contributed by atoms with van der Waals surface area (Å²) in [5, 5.41) is 4.41. The van der Waals surface area contributed by atoms with E-state index in [1.807, 2.05) is 12.3 Å². The van der Waals surface area contributed by atoms with E-state index in [4.69, 9.17) is 21.9 Å². The van der Waals surface area contributed by atoms with Gasteiger partial charge in [-0.05, 0) is 68.4 Å². The van der Waals surface area contributed by atoms with E-state index in [1.165, 1.54) is 28.2 Å². The number of ether oxygens (including phenoxy) is 1. The molecule has 2 saturated heterocycles. The number of benzene rings is 1. The van der Waals surface area contributed by atoms with E-state index < -0.39 is 0 Å². The van der Waals surface area contributed by atoms with Gasteiger partial charge in [-0.2, -0.15) is 0 Å². The third-order valence-electron chi connectivity index (χ3n) is 7.10. The Labute approximate surface area is 207 Å². The Morgan fingerprint density at radius 2 is 1.79 bits per heavy atom. The van der Waals surface area contributed by atoms with Gasteiger partial charge in [-0.15, -0.1) is 0 Å². The molecule has 0 saturated carbocycles. The first-order chi connectivity index (χ1) is 16.5. The van der Waals surface area contributed by atoms with Crippen LogP contribution in [0.4, 0.5) is 0 Å². The SMILES string of the molecule is Cc1ccccc1-n1c(C)cc([C@H]2[C@@H](c3ccccn3)NC(=S)N2CCN2CCOCC2)c1C. The van der Waals surface area contributed by atoms with Gasteiger partial charge in [0.25, 0.3) is 0 Å². The lowest BCUT2D eigenvalue weighted by Crippen LogP contribution is -2.42. The van der Waals surface area contributed by atoms with Crippen molar-refractivity contribution in [1.82, 2.24) is 24.7 Å². The van der Waals surface area contributed by atoms with Crippen molar-refractivity contribution >= 4 is 17.3 Å². The molecule has 3 aromatic rings. The van der Waals surface area contributed by atoms with Crippen LogP contribution in [0, 0.1) is 20.8 Å². The van der Waals surface area contributed by atoms with Crippen molar-refractivity contribution in [2.24, 2.45) is 0 Å². The standard InChI is InChI=1S/C27H33N5OS/c1-19-8-4-5-10-24(19)32-20(2)18-22(21(32)3)26-25(23-9-6-7-11-28-23)29-27(34)31(26)13-12-30-14-16-33-17-15-30/h4-11,18,25-26H,12-17H2,1-3H3,(H,29,34)/t25-,26+/m1/s1. The molecule has 0 amide bonds. The summed E-state index contributed by atoms with van der Waals surface area (Å²) >= 11 is 5.90. The number of nitrogens with one attached hydrogen (secondary N) is 1. The summed E-state index contributed by atoms with van der Waals surface area (Å²) in [4.78, 5) is 9.54. The zero-order valence-corrected chi connectivity index (χ0v) is 21.0. The minimum absolute atomic E-state index is 0.00390. The topological polar surface area (TPSA) is 45.6 Å². The van der Waals surface area contributed by atoms with Crippen LogP contribution in [-0.2, 0) is 4.74 Å². The summed E-state index contributed by atoms with van der Waals surface area (Å²) < 4.78 is 7.91. The number of aryl methyl sites for hydroxylation is 2. The Kier molecular flexibility index (Phi) is 6.68. The number of para-hydroxylation sites is 1. The van der Waals surface area contributed by atoms with E-state index in [0.717, 1.165) is 50.2 Å². The Bertz CT molecular complexity index is 1160. The molecule has 2 aromatic heterocycles. The number of hydrogen-bond acceptors (Lipinski definition) is 4. The Balaban J connectivity index is 1.53. The molecular formula is C27H33N5OS. The van der Waals surface area contributed by atoms with Crippen LogP contribution in [0.25, 0.3) is 5.69 Å². The van der Waals surface area contributed by atoms with E-state index in [9.17, 15) is 0 Å². The zero-order chi connectivity index (χ0) is 23.7. The lowest BCUT2D eigenvalue weighted by molar-refractivity contribution is 0.0350. The van der Waals surface area contributed by atoms with Gasteiger partial charge in [-0.25, -0.2) is 0 Å². The summed E-state index contributed by atoms with van der Waals surface area (Å²) in [6.07, 6.45) is 1.87. The minimum Gasteiger partial charge on any atom is -0.379 e. The summed E-state index contributed by atoms with van der Waals surface area (Å²) in [5.41, 5.74) is 7.29. The molecule has 0 radical (unpaired) electrons. The quantitative estimate of drug-likeness (QED) is 0.542. The number of aromatic nitrogens is 2. The highest BCUT2D eigenvalue weighted by Crippen LogP contribution is 2.41. The number of nitrogens with zero attached hydrogens (tertiary/aromatic N) is 4. The molecular weight excluding hydrogens is 442 g/mol. The maximum atomic E-state index is 5.90. The zero-order valence-electron chi connectivity index (χ0n) is 20.2. The fourth-order valence-electron chi connectivity index (χ4n) is 5.33. The molecule has 0 bridgehead atoms. The number of pyridine rings is 1. The second-order valence-electron chi connectivity index (χ2n) is 9.22. The van der Waals surface area contributed by atoms with E-state index in [-0.39, 0.29) is 12.1 Å². The molecule has 0 spiro atoms. The fourth-order valence-corrected chi connectivity index (χ4v) is 5.66. The first-order valence-corrected chi connectivity index (χ1v) is 12.5. The number of hydrogen-bond donors (Lipinski definition) is 1. The Morgan fingerprint density at radius 1 is 1.03 bits per heavy atom. The maximum absolute atomic E-state index is 5.90. The average molecular weight is 476 g/mol. The summed E-state index contributed by atoms with van der Waals surface area (Å²) in [7, 11) is 0. The lowest BCUT2D eigenvalue weighted by atomic mass is 9.96. The average Bonchev–Trinajstić information content (AvgIpc) is 3.34. The predicted octanol–water partition coefficient (Wildman–Crippen LogP) is 4.10. The van der Waals surface area contributed by atoms with Crippen molar-refractivity contribution in [2.45, 2.75) is 32.9 Å². The van der Waals surface area contributed by atoms with Crippen LogP contribution in [0.1, 0.15) is 40.3 Å². The summed E-state index contributed by atoms with van der Waals surface area (Å²) in [6, 6.07) is 17.1. The van der Waals surface area contributed by atoms with E-state index in [1.54, 1.807) is 0 Å². The van der Waals surface area contributed by atoms with Gasteiger partial charge in [-0.1, -0.05) is 24.3 Å².